The maximum atomic E-state index is 11.2. The molecule has 0 fully saturated rings. The molecule has 0 rings (SSSR count). The van der Waals surface area contributed by atoms with Crippen LogP contribution in [0.15, 0.2) is 0 Å². The van der Waals surface area contributed by atoms with Gasteiger partial charge in [0.1, 0.15) is 13.2 Å². The third-order valence-corrected chi connectivity index (χ3v) is 2.84. The lowest BCUT2D eigenvalue weighted by atomic mass is 9.93. The summed E-state index contributed by atoms with van der Waals surface area (Å²) in [5.41, 5.74) is -0.496. The van der Waals surface area contributed by atoms with Crippen molar-refractivity contribution in [1.82, 2.24) is 0 Å². The quantitative estimate of drug-likeness (QED) is 0.510. The molecule has 6 heteroatoms. The summed E-state index contributed by atoms with van der Waals surface area (Å²) in [6.07, 6.45) is -1.23. The topological polar surface area (TPSA) is 74.2 Å². The molecule has 0 bridgehead atoms. The van der Waals surface area contributed by atoms with E-state index in [1.807, 2.05) is 20.8 Å². The molecule has 0 saturated heterocycles. The van der Waals surface area contributed by atoms with E-state index in [9.17, 15) is 9.90 Å². The maximum Gasteiger partial charge on any atom is 0.508 e. The van der Waals surface area contributed by atoms with Crippen LogP contribution in [0, 0.1) is 5.92 Å². The van der Waals surface area contributed by atoms with Gasteiger partial charge in [-0.2, -0.15) is 0 Å². The van der Waals surface area contributed by atoms with Gasteiger partial charge in [0.15, 0.2) is 0 Å². The smallest absolute Gasteiger partial charge is 0.434 e. The van der Waals surface area contributed by atoms with Gasteiger partial charge in [0.05, 0.1) is 24.9 Å². The number of hydrogen-bond acceptors (Lipinski definition) is 6. The lowest BCUT2D eigenvalue weighted by molar-refractivity contribution is -0.0970. The molecule has 2 unspecified atom stereocenters. The van der Waals surface area contributed by atoms with Gasteiger partial charge in [-0.25, -0.2) is 4.79 Å². The Morgan fingerprint density at radius 1 is 1.16 bits per heavy atom. The first kappa shape index (κ1) is 18.1. The van der Waals surface area contributed by atoms with Crippen molar-refractivity contribution >= 4 is 6.16 Å². The Kier molecular flexibility index (Phi) is 8.71. The molecular formula is C13H26O6. The molecular weight excluding hydrogens is 252 g/mol. The molecule has 114 valence electrons. The lowest BCUT2D eigenvalue weighted by Crippen LogP contribution is -2.38. The van der Waals surface area contributed by atoms with E-state index >= 15 is 0 Å². The number of ether oxygens (including phenoxy) is 4. The number of aliphatic hydroxyl groups excluding tert-OH is 1. The van der Waals surface area contributed by atoms with Gasteiger partial charge in [0, 0.05) is 13.0 Å². The van der Waals surface area contributed by atoms with Gasteiger partial charge < -0.3 is 24.1 Å². The summed E-state index contributed by atoms with van der Waals surface area (Å²) in [6.45, 7) is 8.29. The van der Waals surface area contributed by atoms with Gasteiger partial charge >= 0.3 is 6.16 Å². The number of carbonyl (C=O) groups is 1. The monoisotopic (exact) mass is 278 g/mol. The van der Waals surface area contributed by atoms with Crippen LogP contribution in [0.5, 0.6) is 0 Å². The van der Waals surface area contributed by atoms with Crippen molar-refractivity contribution < 1.29 is 28.8 Å². The predicted molar refractivity (Wildman–Crippen MR) is 70.1 cm³/mol. The zero-order valence-electron chi connectivity index (χ0n) is 12.5. The summed E-state index contributed by atoms with van der Waals surface area (Å²) in [5, 5.41) is 9.19. The van der Waals surface area contributed by atoms with Gasteiger partial charge in [0.2, 0.25) is 0 Å². The zero-order chi connectivity index (χ0) is 14.9. The molecule has 0 amide bonds. The van der Waals surface area contributed by atoms with E-state index in [-0.39, 0.29) is 25.7 Å². The van der Waals surface area contributed by atoms with Gasteiger partial charge in [-0.3, -0.25) is 0 Å². The molecule has 0 aromatic rings. The van der Waals surface area contributed by atoms with E-state index in [0.717, 1.165) is 0 Å². The van der Waals surface area contributed by atoms with Crippen LogP contribution in [0.2, 0.25) is 0 Å². The average molecular weight is 278 g/mol. The zero-order valence-corrected chi connectivity index (χ0v) is 12.5. The molecule has 19 heavy (non-hydrogen) atoms. The first-order chi connectivity index (χ1) is 8.79. The number of hydrogen-bond donors (Lipinski definition) is 1. The second-order valence-electron chi connectivity index (χ2n) is 5.07. The second-order valence-corrected chi connectivity index (χ2v) is 5.07. The van der Waals surface area contributed by atoms with E-state index in [2.05, 4.69) is 0 Å². The SMILES string of the molecule is COCCOC(=O)OCC(C)C(C)(C)OCC(C)O. The summed E-state index contributed by atoms with van der Waals surface area (Å²) in [6, 6.07) is 0. The fourth-order valence-electron chi connectivity index (χ4n) is 1.12. The minimum atomic E-state index is -0.713. The molecule has 6 nitrogen and oxygen atoms in total. The Labute approximate surface area is 115 Å². The first-order valence-corrected chi connectivity index (χ1v) is 6.40. The minimum Gasteiger partial charge on any atom is -0.434 e. The Bertz CT molecular complexity index is 252. The van der Waals surface area contributed by atoms with Crippen LogP contribution in [0.4, 0.5) is 4.79 Å². The maximum absolute atomic E-state index is 11.2. The molecule has 2 atom stereocenters. The van der Waals surface area contributed by atoms with E-state index in [4.69, 9.17) is 18.9 Å². The van der Waals surface area contributed by atoms with Crippen molar-refractivity contribution in [1.29, 1.82) is 0 Å². The molecule has 0 heterocycles. The van der Waals surface area contributed by atoms with Crippen molar-refractivity contribution in [3.05, 3.63) is 0 Å². The summed E-state index contributed by atoms with van der Waals surface area (Å²) in [5.74, 6) is -0.0266. The Morgan fingerprint density at radius 3 is 2.32 bits per heavy atom. The van der Waals surface area contributed by atoms with Gasteiger partial charge in [0.25, 0.3) is 0 Å². The molecule has 0 spiro atoms. The number of aliphatic hydroxyl groups is 1. The highest BCUT2D eigenvalue weighted by Crippen LogP contribution is 2.21. The third kappa shape index (κ3) is 8.80. The van der Waals surface area contributed by atoms with Crippen LogP contribution in [0.1, 0.15) is 27.7 Å². The van der Waals surface area contributed by atoms with E-state index in [1.165, 1.54) is 7.11 Å². The van der Waals surface area contributed by atoms with Crippen LogP contribution in [-0.4, -0.2) is 56.5 Å². The van der Waals surface area contributed by atoms with Crippen molar-refractivity contribution in [2.24, 2.45) is 5.92 Å². The highest BCUT2D eigenvalue weighted by atomic mass is 16.7. The van der Waals surface area contributed by atoms with E-state index in [1.54, 1.807) is 6.92 Å². The third-order valence-electron chi connectivity index (χ3n) is 2.84. The Balaban J connectivity index is 3.94. The highest BCUT2D eigenvalue weighted by molar-refractivity contribution is 5.59. The molecule has 0 saturated carbocycles. The Morgan fingerprint density at radius 2 is 1.79 bits per heavy atom. The molecule has 0 aliphatic rings. The van der Waals surface area contributed by atoms with E-state index < -0.39 is 17.9 Å². The Hall–Kier alpha value is -0.850. The minimum absolute atomic E-state index is 0.0266. The first-order valence-electron chi connectivity index (χ1n) is 6.40. The predicted octanol–water partition coefficient (Wildman–Crippen LogP) is 1.60. The molecule has 0 aromatic carbocycles. The summed E-state index contributed by atoms with van der Waals surface area (Å²) in [4.78, 5) is 11.2. The van der Waals surface area contributed by atoms with Crippen LogP contribution < -0.4 is 0 Å². The molecule has 0 aliphatic heterocycles. The van der Waals surface area contributed by atoms with Crippen molar-refractivity contribution in [2.45, 2.75) is 39.4 Å². The van der Waals surface area contributed by atoms with Crippen molar-refractivity contribution in [3.63, 3.8) is 0 Å². The van der Waals surface area contributed by atoms with Crippen LogP contribution in [0.25, 0.3) is 0 Å². The number of methoxy groups -OCH3 is 1. The molecule has 0 aliphatic carbocycles. The normalized spacial score (nSPS) is 14.8. The van der Waals surface area contributed by atoms with Gasteiger partial charge in [-0.1, -0.05) is 6.92 Å². The van der Waals surface area contributed by atoms with Crippen LogP contribution in [0.3, 0.4) is 0 Å². The van der Waals surface area contributed by atoms with Gasteiger partial charge in [-0.15, -0.1) is 0 Å². The largest absolute Gasteiger partial charge is 0.508 e. The van der Waals surface area contributed by atoms with Gasteiger partial charge in [-0.05, 0) is 20.8 Å². The standard InChI is InChI=1S/C13H26O6/c1-10(13(3,4)19-9-11(2)14)8-18-12(15)17-7-6-16-5/h10-11,14H,6-9H2,1-5H3. The number of rotatable bonds is 9. The fraction of sp³-hybridized carbons (Fsp3) is 0.923. The molecule has 0 radical (unpaired) electrons. The van der Waals surface area contributed by atoms with Crippen LogP contribution in [-0.2, 0) is 18.9 Å². The number of carbonyl (C=O) groups excluding carboxylic acids is 1. The molecule has 1 N–H and O–H groups in total. The summed E-state index contributed by atoms with van der Waals surface area (Å²) >= 11 is 0. The summed E-state index contributed by atoms with van der Waals surface area (Å²) in [7, 11) is 1.53. The average Bonchev–Trinajstić information content (AvgIpc) is 2.34. The summed E-state index contributed by atoms with van der Waals surface area (Å²) < 4.78 is 20.1. The molecule has 0 aromatic heterocycles. The van der Waals surface area contributed by atoms with E-state index in [0.29, 0.717) is 6.61 Å². The lowest BCUT2D eigenvalue weighted by Gasteiger charge is -2.32. The highest BCUT2D eigenvalue weighted by Gasteiger charge is 2.28. The van der Waals surface area contributed by atoms with Crippen molar-refractivity contribution in [2.75, 3.05) is 33.5 Å². The van der Waals surface area contributed by atoms with Crippen LogP contribution >= 0.6 is 0 Å². The second kappa shape index (κ2) is 9.12. The van der Waals surface area contributed by atoms with Crippen molar-refractivity contribution in [3.8, 4) is 0 Å². The fourth-order valence-corrected chi connectivity index (χ4v) is 1.12.